The van der Waals surface area contributed by atoms with Crippen LogP contribution in [-0.2, 0) is 0 Å². The van der Waals surface area contributed by atoms with E-state index in [1.807, 2.05) is 16.8 Å². The van der Waals surface area contributed by atoms with Crippen LogP contribution in [0.15, 0.2) is 24.5 Å². The van der Waals surface area contributed by atoms with E-state index in [1.54, 1.807) is 6.20 Å². The summed E-state index contributed by atoms with van der Waals surface area (Å²) < 4.78 is 1.94. The Morgan fingerprint density at radius 3 is 2.71 bits per heavy atom. The molecule has 0 bridgehead atoms. The molecular formula is C11H15N3. The first kappa shape index (κ1) is 9.19. The molecule has 0 fully saturated rings. The van der Waals surface area contributed by atoms with Crippen LogP contribution in [0.2, 0.25) is 0 Å². The molecule has 0 radical (unpaired) electrons. The van der Waals surface area contributed by atoms with E-state index in [0.29, 0.717) is 5.92 Å². The molecule has 3 nitrogen and oxygen atoms in total. The molecule has 0 unspecified atom stereocenters. The Bertz CT molecular complexity index is 415. The first-order valence-electron chi connectivity index (χ1n) is 5.15. The summed E-state index contributed by atoms with van der Waals surface area (Å²) in [6, 6.07) is 4.00. The second-order valence-corrected chi connectivity index (χ2v) is 3.48. The van der Waals surface area contributed by atoms with Gasteiger partial charge in [-0.25, -0.2) is 9.50 Å². The molecule has 0 saturated carbocycles. The fraction of sp³-hybridized carbons (Fsp3) is 0.455. The van der Waals surface area contributed by atoms with Gasteiger partial charge in [-0.05, 0) is 18.9 Å². The molecule has 0 aliphatic heterocycles. The van der Waals surface area contributed by atoms with Gasteiger partial charge in [0.2, 0.25) is 0 Å². The van der Waals surface area contributed by atoms with E-state index in [4.69, 9.17) is 0 Å². The molecular weight excluding hydrogens is 174 g/mol. The Morgan fingerprint density at radius 1 is 1.21 bits per heavy atom. The average Bonchev–Trinajstić information content (AvgIpc) is 2.68. The lowest BCUT2D eigenvalue weighted by atomic mass is 9.99. The third-order valence-corrected chi connectivity index (χ3v) is 2.72. The zero-order valence-corrected chi connectivity index (χ0v) is 8.64. The summed E-state index contributed by atoms with van der Waals surface area (Å²) in [4.78, 5) is 4.25. The van der Waals surface area contributed by atoms with E-state index in [2.05, 4.69) is 30.0 Å². The normalized spacial score (nSPS) is 11.4. The number of hydrogen-bond acceptors (Lipinski definition) is 2. The molecule has 0 aliphatic carbocycles. The molecule has 14 heavy (non-hydrogen) atoms. The van der Waals surface area contributed by atoms with Crippen LogP contribution in [0.3, 0.4) is 0 Å². The van der Waals surface area contributed by atoms with Crippen LogP contribution >= 0.6 is 0 Å². The van der Waals surface area contributed by atoms with Gasteiger partial charge >= 0.3 is 0 Å². The van der Waals surface area contributed by atoms with E-state index < -0.39 is 0 Å². The van der Waals surface area contributed by atoms with Gasteiger partial charge in [0.1, 0.15) is 0 Å². The van der Waals surface area contributed by atoms with Crippen LogP contribution in [0.4, 0.5) is 0 Å². The van der Waals surface area contributed by atoms with Gasteiger partial charge < -0.3 is 0 Å². The minimum Gasteiger partial charge on any atom is -0.237 e. The molecule has 0 N–H and O–H groups in total. The van der Waals surface area contributed by atoms with E-state index in [1.165, 1.54) is 5.69 Å². The van der Waals surface area contributed by atoms with Crippen LogP contribution < -0.4 is 0 Å². The van der Waals surface area contributed by atoms with Crippen molar-refractivity contribution in [2.45, 2.75) is 32.6 Å². The summed E-state index contributed by atoms with van der Waals surface area (Å²) in [6.07, 6.45) is 5.96. The van der Waals surface area contributed by atoms with Crippen molar-refractivity contribution in [3.63, 3.8) is 0 Å². The molecule has 2 heterocycles. The minimum absolute atomic E-state index is 0.584. The lowest BCUT2D eigenvalue weighted by Crippen LogP contribution is -2.05. The number of fused-ring (bicyclic) bond motifs is 1. The first-order valence-corrected chi connectivity index (χ1v) is 5.15. The second-order valence-electron chi connectivity index (χ2n) is 3.48. The standard InChI is InChI=1S/C11H15N3/c1-3-9(4-2)10-5-7-12-11-6-8-13-14(10)11/h5-9H,3-4H2,1-2H3. The summed E-state index contributed by atoms with van der Waals surface area (Å²) >= 11 is 0. The topological polar surface area (TPSA) is 30.2 Å². The largest absolute Gasteiger partial charge is 0.237 e. The van der Waals surface area contributed by atoms with E-state index in [-0.39, 0.29) is 0 Å². The monoisotopic (exact) mass is 189 g/mol. The first-order chi connectivity index (χ1) is 6.86. The van der Waals surface area contributed by atoms with Crippen molar-refractivity contribution in [3.05, 3.63) is 30.2 Å². The highest BCUT2D eigenvalue weighted by atomic mass is 15.2. The summed E-state index contributed by atoms with van der Waals surface area (Å²) in [6.45, 7) is 4.42. The highest BCUT2D eigenvalue weighted by Crippen LogP contribution is 2.22. The van der Waals surface area contributed by atoms with Crippen LogP contribution in [-0.4, -0.2) is 14.6 Å². The lowest BCUT2D eigenvalue weighted by Gasteiger charge is -2.13. The van der Waals surface area contributed by atoms with Crippen molar-refractivity contribution in [2.75, 3.05) is 0 Å². The fourth-order valence-corrected chi connectivity index (χ4v) is 1.87. The summed E-state index contributed by atoms with van der Waals surface area (Å²) in [7, 11) is 0. The molecule has 74 valence electrons. The van der Waals surface area contributed by atoms with Crippen LogP contribution in [0.5, 0.6) is 0 Å². The predicted octanol–water partition coefficient (Wildman–Crippen LogP) is 2.63. The van der Waals surface area contributed by atoms with Crippen LogP contribution in [0, 0.1) is 0 Å². The van der Waals surface area contributed by atoms with Gasteiger partial charge in [0.25, 0.3) is 0 Å². The molecule has 2 rings (SSSR count). The second kappa shape index (κ2) is 3.78. The quantitative estimate of drug-likeness (QED) is 0.743. The SMILES string of the molecule is CCC(CC)c1ccnc2ccnn12. The lowest BCUT2D eigenvalue weighted by molar-refractivity contribution is 0.600. The van der Waals surface area contributed by atoms with Gasteiger partial charge in [-0.2, -0.15) is 5.10 Å². The third-order valence-electron chi connectivity index (χ3n) is 2.72. The Balaban J connectivity index is 2.54. The van der Waals surface area contributed by atoms with Crippen molar-refractivity contribution >= 4 is 5.65 Å². The molecule has 0 aromatic carbocycles. The highest BCUT2D eigenvalue weighted by Gasteiger charge is 2.11. The third kappa shape index (κ3) is 1.39. The van der Waals surface area contributed by atoms with Crippen molar-refractivity contribution in [2.24, 2.45) is 0 Å². The Labute approximate surface area is 83.8 Å². The summed E-state index contributed by atoms with van der Waals surface area (Å²) in [5.74, 6) is 0.584. The molecule has 0 spiro atoms. The molecule has 0 atom stereocenters. The van der Waals surface area contributed by atoms with Gasteiger partial charge in [0, 0.05) is 23.9 Å². The highest BCUT2D eigenvalue weighted by molar-refractivity contribution is 5.37. The van der Waals surface area contributed by atoms with Crippen molar-refractivity contribution in [1.82, 2.24) is 14.6 Å². The van der Waals surface area contributed by atoms with Crippen molar-refractivity contribution < 1.29 is 0 Å². The van der Waals surface area contributed by atoms with Crippen LogP contribution in [0.25, 0.3) is 5.65 Å². The summed E-state index contributed by atoms with van der Waals surface area (Å²) in [5, 5.41) is 4.29. The molecule has 3 heteroatoms. The van der Waals surface area contributed by atoms with Gasteiger partial charge in [0.05, 0.1) is 6.20 Å². The van der Waals surface area contributed by atoms with Crippen LogP contribution in [0.1, 0.15) is 38.3 Å². The van der Waals surface area contributed by atoms with Gasteiger partial charge in [0.15, 0.2) is 5.65 Å². The molecule has 0 aliphatic rings. The number of hydrogen-bond donors (Lipinski definition) is 0. The minimum atomic E-state index is 0.584. The summed E-state index contributed by atoms with van der Waals surface area (Å²) in [5.41, 5.74) is 2.21. The molecule has 0 amide bonds. The average molecular weight is 189 g/mol. The van der Waals surface area contributed by atoms with E-state index in [0.717, 1.165) is 18.5 Å². The maximum absolute atomic E-state index is 4.29. The zero-order chi connectivity index (χ0) is 9.97. The zero-order valence-electron chi connectivity index (χ0n) is 8.64. The molecule has 0 saturated heterocycles. The van der Waals surface area contributed by atoms with Crippen molar-refractivity contribution in [1.29, 1.82) is 0 Å². The van der Waals surface area contributed by atoms with Gasteiger partial charge in [-0.3, -0.25) is 0 Å². The molecule has 2 aromatic heterocycles. The predicted molar refractivity (Wildman–Crippen MR) is 56.3 cm³/mol. The number of rotatable bonds is 3. The maximum Gasteiger partial charge on any atom is 0.155 e. The van der Waals surface area contributed by atoms with E-state index >= 15 is 0 Å². The Morgan fingerprint density at radius 2 is 2.00 bits per heavy atom. The smallest absolute Gasteiger partial charge is 0.155 e. The maximum atomic E-state index is 4.29. The van der Waals surface area contributed by atoms with Crippen molar-refractivity contribution in [3.8, 4) is 0 Å². The Hall–Kier alpha value is -1.38. The van der Waals surface area contributed by atoms with Gasteiger partial charge in [-0.1, -0.05) is 13.8 Å². The number of nitrogens with zero attached hydrogens (tertiary/aromatic N) is 3. The molecule has 2 aromatic rings. The Kier molecular flexibility index (Phi) is 2.48. The van der Waals surface area contributed by atoms with Gasteiger partial charge in [-0.15, -0.1) is 0 Å². The van der Waals surface area contributed by atoms with E-state index in [9.17, 15) is 0 Å². The fourth-order valence-electron chi connectivity index (χ4n) is 1.87. The number of aromatic nitrogens is 3.